The minimum atomic E-state index is -0.288. The van der Waals surface area contributed by atoms with Crippen LogP contribution in [0.15, 0.2) is 65.3 Å². The summed E-state index contributed by atoms with van der Waals surface area (Å²) in [6.45, 7) is 9.34. The van der Waals surface area contributed by atoms with Gasteiger partial charge in [-0.25, -0.2) is 4.79 Å². The zero-order chi connectivity index (χ0) is 24.3. The second kappa shape index (κ2) is 9.49. The largest absolute Gasteiger partial charge is 0.469 e. The highest BCUT2D eigenvalue weighted by atomic mass is 16.5. The summed E-state index contributed by atoms with van der Waals surface area (Å²) in [4.78, 5) is 24.8. The van der Waals surface area contributed by atoms with E-state index in [1.807, 2.05) is 36.4 Å². The van der Waals surface area contributed by atoms with Crippen molar-refractivity contribution in [2.24, 2.45) is 0 Å². The number of benzene rings is 2. The van der Waals surface area contributed by atoms with Gasteiger partial charge in [0.15, 0.2) is 0 Å². The molecule has 2 aromatic carbocycles. The molecule has 1 aliphatic carbocycles. The highest BCUT2D eigenvalue weighted by Gasteiger charge is 2.37. The summed E-state index contributed by atoms with van der Waals surface area (Å²) in [6.07, 6.45) is 4.60. The molecule has 0 atom stereocenters. The zero-order valence-corrected chi connectivity index (χ0v) is 20.4. The third kappa shape index (κ3) is 5.41. The fourth-order valence-electron chi connectivity index (χ4n) is 4.59. The first-order chi connectivity index (χ1) is 16.1. The molecular weight excluding hydrogens is 426 g/mol. The number of hydrogen-bond acceptors (Lipinski definition) is 4. The predicted octanol–water partition coefficient (Wildman–Crippen LogP) is 6.21. The summed E-state index contributed by atoms with van der Waals surface area (Å²) in [6, 6.07) is 17.1. The van der Waals surface area contributed by atoms with Gasteiger partial charge in [0.1, 0.15) is 5.76 Å². The van der Waals surface area contributed by atoms with E-state index >= 15 is 0 Å². The molecule has 1 N–H and O–H groups in total. The van der Waals surface area contributed by atoms with Crippen molar-refractivity contribution in [2.45, 2.75) is 64.2 Å². The van der Waals surface area contributed by atoms with E-state index in [0.717, 1.165) is 24.1 Å². The number of furan rings is 1. The summed E-state index contributed by atoms with van der Waals surface area (Å²) < 4.78 is 10.8. The molecule has 34 heavy (non-hydrogen) atoms. The Hall–Kier alpha value is -3.34. The third-order valence-electron chi connectivity index (χ3n) is 6.86. The molecule has 0 unspecified atom stereocenters. The van der Waals surface area contributed by atoms with Crippen molar-refractivity contribution in [3.8, 4) is 0 Å². The van der Waals surface area contributed by atoms with E-state index in [-0.39, 0.29) is 29.1 Å². The van der Waals surface area contributed by atoms with Crippen LogP contribution in [-0.4, -0.2) is 18.5 Å². The molecule has 0 saturated carbocycles. The van der Waals surface area contributed by atoms with Crippen LogP contribution in [0.4, 0.5) is 5.69 Å². The molecule has 0 saturated heterocycles. The number of carbonyl (C=O) groups is 2. The van der Waals surface area contributed by atoms with Crippen LogP contribution in [0.2, 0.25) is 0 Å². The lowest BCUT2D eigenvalue weighted by atomic mass is 9.63. The second-order valence-electron chi connectivity index (χ2n) is 10.4. The quantitative estimate of drug-likeness (QED) is 0.427. The highest BCUT2D eigenvalue weighted by molar-refractivity contribution is 5.92. The van der Waals surface area contributed by atoms with E-state index in [2.05, 4.69) is 39.1 Å². The van der Waals surface area contributed by atoms with Crippen molar-refractivity contribution in [3.63, 3.8) is 0 Å². The van der Waals surface area contributed by atoms with Gasteiger partial charge in [-0.05, 0) is 76.8 Å². The van der Waals surface area contributed by atoms with Gasteiger partial charge < -0.3 is 14.5 Å². The number of esters is 1. The zero-order valence-electron chi connectivity index (χ0n) is 20.4. The smallest absolute Gasteiger partial charge is 0.338 e. The Bertz CT molecular complexity index is 1160. The number of ether oxygens (including phenoxy) is 1. The van der Waals surface area contributed by atoms with Crippen molar-refractivity contribution in [1.29, 1.82) is 0 Å². The molecule has 4 rings (SSSR count). The second-order valence-corrected chi connectivity index (χ2v) is 10.4. The van der Waals surface area contributed by atoms with E-state index in [0.29, 0.717) is 24.4 Å². The summed E-state index contributed by atoms with van der Waals surface area (Å²) in [5, 5.41) is 2.86. The molecule has 5 nitrogen and oxygen atoms in total. The van der Waals surface area contributed by atoms with Gasteiger partial charge in [-0.15, -0.1) is 0 Å². The van der Waals surface area contributed by atoms with Crippen molar-refractivity contribution in [3.05, 3.63) is 88.9 Å². The molecule has 0 spiro atoms. The average molecular weight is 460 g/mol. The lowest BCUT2D eigenvalue weighted by molar-refractivity contribution is -0.115. The van der Waals surface area contributed by atoms with Crippen LogP contribution in [-0.2, 0) is 33.2 Å². The molecule has 0 bridgehead atoms. The van der Waals surface area contributed by atoms with Crippen LogP contribution in [0.5, 0.6) is 0 Å². The van der Waals surface area contributed by atoms with Crippen LogP contribution >= 0.6 is 0 Å². The molecule has 1 amide bonds. The number of amides is 1. The summed E-state index contributed by atoms with van der Waals surface area (Å²) in [7, 11) is 0. The molecule has 0 radical (unpaired) electrons. The van der Waals surface area contributed by atoms with Crippen LogP contribution in [0.1, 0.15) is 73.3 Å². The fraction of sp³-hybridized carbons (Fsp3) is 0.379. The Labute approximate surface area is 201 Å². The first-order valence-electron chi connectivity index (χ1n) is 11.9. The van der Waals surface area contributed by atoms with Crippen molar-refractivity contribution in [1.82, 2.24) is 0 Å². The Balaban J connectivity index is 1.31. The number of nitrogens with one attached hydrogen (secondary N) is 1. The first kappa shape index (κ1) is 23.8. The minimum Gasteiger partial charge on any atom is -0.469 e. The first-order valence-corrected chi connectivity index (χ1v) is 11.9. The standard InChI is InChI=1S/C29H33NO4/c1-28(2)14-15-29(3,4)25-18-21(9-12-24(25)28)27(32)34-17-13-20-7-10-22(11-8-20)30-26(31)19-23-6-5-16-33-23/h5-12,16,18H,13-15,17,19H2,1-4H3,(H,30,31). The van der Waals surface area contributed by atoms with E-state index in [4.69, 9.17) is 9.15 Å². The van der Waals surface area contributed by atoms with Crippen LogP contribution < -0.4 is 5.32 Å². The topological polar surface area (TPSA) is 68.5 Å². The maximum Gasteiger partial charge on any atom is 0.338 e. The number of hydrogen-bond donors (Lipinski definition) is 1. The Kier molecular flexibility index (Phi) is 6.65. The summed E-state index contributed by atoms with van der Waals surface area (Å²) in [5.41, 5.74) is 5.12. The van der Waals surface area contributed by atoms with Gasteiger partial charge in [-0.2, -0.15) is 0 Å². The molecule has 178 valence electrons. The average Bonchev–Trinajstić information content (AvgIpc) is 3.31. The van der Waals surface area contributed by atoms with Crippen molar-refractivity contribution < 1.29 is 18.7 Å². The lowest BCUT2D eigenvalue weighted by Crippen LogP contribution is -2.34. The molecule has 3 aromatic rings. The van der Waals surface area contributed by atoms with Gasteiger partial charge >= 0.3 is 5.97 Å². The van der Waals surface area contributed by atoms with Gasteiger partial charge in [-0.3, -0.25) is 4.79 Å². The summed E-state index contributed by atoms with van der Waals surface area (Å²) in [5.74, 6) is 0.208. The van der Waals surface area contributed by atoms with Crippen LogP contribution in [0.25, 0.3) is 0 Å². The van der Waals surface area contributed by atoms with E-state index < -0.39 is 0 Å². The number of rotatable bonds is 7. The molecule has 1 aliphatic rings. The Morgan fingerprint density at radius 1 is 0.941 bits per heavy atom. The normalized spacial score (nSPS) is 15.9. The van der Waals surface area contributed by atoms with Crippen LogP contribution in [0.3, 0.4) is 0 Å². The molecule has 1 aromatic heterocycles. The number of fused-ring (bicyclic) bond motifs is 1. The Morgan fingerprint density at radius 3 is 2.32 bits per heavy atom. The lowest BCUT2D eigenvalue weighted by Gasteiger charge is -2.41. The Morgan fingerprint density at radius 2 is 1.65 bits per heavy atom. The van der Waals surface area contributed by atoms with Gasteiger partial charge in [0.2, 0.25) is 5.91 Å². The molecule has 5 heteroatoms. The van der Waals surface area contributed by atoms with Gasteiger partial charge in [0, 0.05) is 12.1 Å². The molecule has 1 heterocycles. The maximum atomic E-state index is 12.7. The van der Waals surface area contributed by atoms with Crippen molar-refractivity contribution in [2.75, 3.05) is 11.9 Å². The SMILES string of the molecule is CC1(C)CCC(C)(C)c2cc(C(=O)OCCc3ccc(NC(=O)Cc4ccco4)cc3)ccc21. The van der Waals surface area contributed by atoms with Crippen LogP contribution in [0, 0.1) is 0 Å². The molecular formula is C29H33NO4. The summed E-state index contributed by atoms with van der Waals surface area (Å²) >= 11 is 0. The van der Waals surface area contributed by atoms with Crippen molar-refractivity contribution >= 4 is 17.6 Å². The minimum absolute atomic E-state index is 0.0519. The van der Waals surface area contributed by atoms with E-state index in [9.17, 15) is 9.59 Å². The van der Waals surface area contributed by atoms with E-state index in [1.165, 1.54) is 11.1 Å². The van der Waals surface area contributed by atoms with Gasteiger partial charge in [0.05, 0.1) is 24.9 Å². The van der Waals surface area contributed by atoms with Gasteiger partial charge in [0.25, 0.3) is 0 Å². The maximum absolute atomic E-state index is 12.7. The number of carbonyl (C=O) groups excluding carboxylic acids is 2. The highest BCUT2D eigenvalue weighted by Crippen LogP contribution is 2.45. The molecule has 0 aliphatic heterocycles. The monoisotopic (exact) mass is 459 g/mol. The number of anilines is 1. The predicted molar refractivity (Wildman–Crippen MR) is 133 cm³/mol. The van der Waals surface area contributed by atoms with E-state index in [1.54, 1.807) is 18.4 Å². The fourth-order valence-corrected chi connectivity index (χ4v) is 4.59. The third-order valence-corrected chi connectivity index (χ3v) is 6.86. The molecule has 0 fully saturated rings. The van der Waals surface area contributed by atoms with Gasteiger partial charge in [-0.1, -0.05) is 45.9 Å².